The fourth-order valence-electron chi connectivity index (χ4n) is 2.80. The summed E-state index contributed by atoms with van der Waals surface area (Å²) in [7, 11) is 0. The van der Waals surface area contributed by atoms with Crippen molar-refractivity contribution in [2.45, 2.75) is 13.3 Å². The van der Waals surface area contributed by atoms with Crippen molar-refractivity contribution in [1.29, 1.82) is 0 Å². The number of amides is 3. The summed E-state index contributed by atoms with van der Waals surface area (Å²) in [5, 5.41) is 5.60. The van der Waals surface area contributed by atoms with Crippen LogP contribution in [-0.2, 0) is 11.2 Å². The third-order valence-electron chi connectivity index (χ3n) is 4.08. The molecule has 0 aliphatic carbocycles. The van der Waals surface area contributed by atoms with E-state index in [1.807, 2.05) is 31.2 Å². The van der Waals surface area contributed by atoms with Crippen LogP contribution < -0.4 is 10.6 Å². The molecule has 3 rings (SSSR count). The van der Waals surface area contributed by atoms with Crippen LogP contribution in [0.3, 0.4) is 0 Å². The number of anilines is 1. The molecule has 132 valence electrons. The maximum atomic E-state index is 12.3. The summed E-state index contributed by atoms with van der Waals surface area (Å²) in [6, 6.07) is 14.1. The van der Waals surface area contributed by atoms with Crippen molar-refractivity contribution in [1.82, 2.24) is 10.2 Å². The van der Waals surface area contributed by atoms with E-state index in [-0.39, 0.29) is 11.7 Å². The van der Waals surface area contributed by atoms with Crippen LogP contribution in [0.5, 0.6) is 0 Å². The molecule has 0 saturated carbocycles. The average Bonchev–Trinajstić information content (AvgIpc) is 2.87. The predicted octanol–water partition coefficient (Wildman–Crippen LogP) is 2.36. The Kier molecular flexibility index (Phi) is 5.09. The van der Waals surface area contributed by atoms with Crippen LogP contribution in [0.2, 0.25) is 0 Å². The third-order valence-corrected chi connectivity index (χ3v) is 4.28. The zero-order valence-electron chi connectivity index (χ0n) is 14.1. The highest BCUT2D eigenvalue weighted by Gasteiger charge is 2.36. The summed E-state index contributed by atoms with van der Waals surface area (Å²) >= 11 is 5.16. The van der Waals surface area contributed by atoms with E-state index in [0.717, 1.165) is 22.6 Å². The number of hydrogen-bond donors (Lipinski definition) is 2. The molecule has 0 aromatic heterocycles. The molecule has 2 N–H and O–H groups in total. The number of imide groups is 1. The summed E-state index contributed by atoms with van der Waals surface area (Å²) in [4.78, 5) is 37.7. The Labute approximate surface area is 156 Å². The topological polar surface area (TPSA) is 78.5 Å². The van der Waals surface area contributed by atoms with Crippen LogP contribution in [-0.4, -0.2) is 34.3 Å². The van der Waals surface area contributed by atoms with Gasteiger partial charge in [-0.05, 0) is 42.4 Å². The normalized spacial score (nSPS) is 12.7. The molecule has 0 atom stereocenters. The standard InChI is InChI=1S/C19H17N3O3S/c1-2-12-7-3-6-10-15(12)20-19(26)21-16(23)11-22-17(24)13-8-4-5-9-14(13)18(22)25/h3-10H,2,11H2,1H3,(H2,20,21,23,26). The lowest BCUT2D eigenvalue weighted by atomic mass is 10.1. The molecule has 0 spiro atoms. The van der Waals surface area contributed by atoms with Crippen molar-refractivity contribution < 1.29 is 14.4 Å². The molecule has 26 heavy (non-hydrogen) atoms. The van der Waals surface area contributed by atoms with Gasteiger partial charge < -0.3 is 10.6 Å². The van der Waals surface area contributed by atoms with E-state index >= 15 is 0 Å². The van der Waals surface area contributed by atoms with Crippen molar-refractivity contribution in [3.05, 3.63) is 65.2 Å². The van der Waals surface area contributed by atoms with E-state index in [0.29, 0.717) is 11.1 Å². The molecule has 7 heteroatoms. The van der Waals surface area contributed by atoms with Crippen LogP contribution in [0.1, 0.15) is 33.2 Å². The fourth-order valence-corrected chi connectivity index (χ4v) is 3.02. The predicted molar refractivity (Wildman–Crippen MR) is 102 cm³/mol. The number of nitrogens with one attached hydrogen (secondary N) is 2. The summed E-state index contributed by atoms with van der Waals surface area (Å²) in [5.41, 5.74) is 2.48. The first-order chi connectivity index (χ1) is 12.5. The van der Waals surface area contributed by atoms with E-state index in [2.05, 4.69) is 10.6 Å². The van der Waals surface area contributed by atoms with Gasteiger partial charge in [-0.25, -0.2) is 0 Å². The van der Waals surface area contributed by atoms with Gasteiger partial charge in [-0.3, -0.25) is 19.3 Å². The smallest absolute Gasteiger partial charge is 0.262 e. The summed E-state index contributed by atoms with van der Waals surface area (Å²) in [6.45, 7) is 1.63. The summed E-state index contributed by atoms with van der Waals surface area (Å²) in [5.74, 6) is -1.49. The van der Waals surface area contributed by atoms with E-state index in [9.17, 15) is 14.4 Å². The maximum absolute atomic E-state index is 12.3. The van der Waals surface area contributed by atoms with Gasteiger partial charge in [0.2, 0.25) is 5.91 Å². The second kappa shape index (κ2) is 7.45. The number of carbonyl (C=O) groups excluding carboxylic acids is 3. The SMILES string of the molecule is CCc1ccccc1NC(=S)NC(=O)CN1C(=O)c2ccccc2C1=O. The molecule has 0 fully saturated rings. The highest BCUT2D eigenvalue weighted by molar-refractivity contribution is 7.80. The van der Waals surface area contributed by atoms with Crippen LogP contribution in [0.25, 0.3) is 0 Å². The number of benzene rings is 2. The molecule has 1 aliphatic heterocycles. The monoisotopic (exact) mass is 367 g/mol. The van der Waals surface area contributed by atoms with Crippen molar-refractivity contribution >= 4 is 40.7 Å². The molecule has 0 unspecified atom stereocenters. The first-order valence-corrected chi connectivity index (χ1v) is 8.56. The van der Waals surface area contributed by atoms with Crippen molar-refractivity contribution in [3.8, 4) is 0 Å². The lowest BCUT2D eigenvalue weighted by Gasteiger charge is -2.15. The van der Waals surface area contributed by atoms with E-state index in [1.54, 1.807) is 24.3 Å². The first-order valence-electron chi connectivity index (χ1n) is 8.15. The quantitative estimate of drug-likeness (QED) is 0.641. The van der Waals surface area contributed by atoms with Gasteiger partial charge in [0, 0.05) is 5.69 Å². The van der Waals surface area contributed by atoms with Crippen molar-refractivity contribution in [2.75, 3.05) is 11.9 Å². The zero-order valence-corrected chi connectivity index (χ0v) is 14.9. The minimum Gasteiger partial charge on any atom is -0.332 e. The second-order valence-corrected chi connectivity index (χ2v) is 6.16. The van der Waals surface area contributed by atoms with Gasteiger partial charge in [-0.1, -0.05) is 37.3 Å². The third kappa shape index (κ3) is 3.48. The van der Waals surface area contributed by atoms with Gasteiger partial charge in [0.05, 0.1) is 11.1 Å². The second-order valence-electron chi connectivity index (χ2n) is 5.76. The van der Waals surface area contributed by atoms with Crippen molar-refractivity contribution in [3.63, 3.8) is 0 Å². The fraction of sp³-hybridized carbons (Fsp3) is 0.158. The Morgan fingerprint density at radius 3 is 2.19 bits per heavy atom. The Bertz CT molecular complexity index is 875. The largest absolute Gasteiger partial charge is 0.332 e. The maximum Gasteiger partial charge on any atom is 0.262 e. The number of rotatable bonds is 4. The van der Waals surface area contributed by atoms with E-state index in [1.165, 1.54) is 0 Å². The van der Waals surface area contributed by atoms with Gasteiger partial charge in [0.25, 0.3) is 11.8 Å². The molecule has 0 radical (unpaired) electrons. The van der Waals surface area contributed by atoms with E-state index in [4.69, 9.17) is 12.2 Å². The molecule has 2 aromatic rings. The van der Waals surface area contributed by atoms with Crippen LogP contribution in [0.4, 0.5) is 5.69 Å². The highest BCUT2D eigenvalue weighted by Crippen LogP contribution is 2.22. The Morgan fingerprint density at radius 1 is 1.00 bits per heavy atom. The number of aryl methyl sites for hydroxylation is 1. The van der Waals surface area contributed by atoms with Gasteiger partial charge in [-0.15, -0.1) is 0 Å². The average molecular weight is 367 g/mol. The van der Waals surface area contributed by atoms with Crippen LogP contribution in [0.15, 0.2) is 48.5 Å². The first kappa shape index (κ1) is 17.8. The number of nitrogens with zero attached hydrogens (tertiary/aromatic N) is 1. The van der Waals surface area contributed by atoms with Gasteiger partial charge >= 0.3 is 0 Å². The number of hydrogen-bond acceptors (Lipinski definition) is 4. The minimum absolute atomic E-state index is 0.118. The lowest BCUT2D eigenvalue weighted by molar-refractivity contribution is -0.120. The highest BCUT2D eigenvalue weighted by atomic mass is 32.1. The number of thiocarbonyl (C=S) groups is 1. The molecule has 3 amide bonds. The van der Waals surface area contributed by atoms with Gasteiger partial charge in [0.15, 0.2) is 5.11 Å². The molecule has 6 nitrogen and oxygen atoms in total. The molecule has 1 heterocycles. The molecular weight excluding hydrogens is 350 g/mol. The number of fused-ring (bicyclic) bond motifs is 1. The Morgan fingerprint density at radius 2 is 1.58 bits per heavy atom. The zero-order chi connectivity index (χ0) is 18.7. The molecular formula is C19H17N3O3S. The Balaban J connectivity index is 1.62. The molecule has 2 aromatic carbocycles. The molecule has 1 aliphatic rings. The molecule has 0 bridgehead atoms. The number of carbonyl (C=O) groups is 3. The minimum atomic E-state index is -0.536. The van der Waals surface area contributed by atoms with E-state index < -0.39 is 17.7 Å². The van der Waals surface area contributed by atoms with Gasteiger partial charge in [0.1, 0.15) is 6.54 Å². The van der Waals surface area contributed by atoms with Gasteiger partial charge in [-0.2, -0.15) is 0 Å². The Hall–Kier alpha value is -3.06. The summed E-state index contributed by atoms with van der Waals surface area (Å²) in [6.07, 6.45) is 0.814. The van der Waals surface area contributed by atoms with Crippen LogP contribution >= 0.6 is 12.2 Å². The lowest BCUT2D eigenvalue weighted by Crippen LogP contribution is -2.43. The summed E-state index contributed by atoms with van der Waals surface area (Å²) < 4.78 is 0. The van der Waals surface area contributed by atoms with Crippen molar-refractivity contribution in [2.24, 2.45) is 0 Å². The molecule has 0 saturated heterocycles. The number of para-hydroxylation sites is 1. The van der Waals surface area contributed by atoms with Crippen LogP contribution in [0, 0.1) is 0 Å².